The molecule has 2 amide bonds. The zero-order chi connectivity index (χ0) is 22.9. The van der Waals surface area contributed by atoms with Gasteiger partial charge in [0.2, 0.25) is 5.91 Å². The number of methoxy groups -OCH3 is 1. The van der Waals surface area contributed by atoms with Crippen LogP contribution in [0.2, 0.25) is 0 Å². The average Bonchev–Trinajstić information content (AvgIpc) is 3.20. The molecule has 32 heavy (non-hydrogen) atoms. The number of fused-ring (bicyclic) bond motifs is 1. The molecule has 0 aliphatic rings. The number of aromatic nitrogens is 1. The highest BCUT2D eigenvalue weighted by Gasteiger charge is 2.13. The van der Waals surface area contributed by atoms with E-state index in [-0.39, 0.29) is 5.91 Å². The van der Waals surface area contributed by atoms with Gasteiger partial charge in [-0.25, -0.2) is 0 Å². The molecule has 0 unspecified atom stereocenters. The van der Waals surface area contributed by atoms with E-state index in [0.717, 1.165) is 18.4 Å². The lowest BCUT2D eigenvalue weighted by atomic mass is 10.1. The summed E-state index contributed by atoms with van der Waals surface area (Å²) in [6.07, 6.45) is 4.68. The van der Waals surface area contributed by atoms with Gasteiger partial charge in [-0.3, -0.25) is 20.4 Å². The van der Waals surface area contributed by atoms with E-state index in [1.165, 1.54) is 18.1 Å². The highest BCUT2D eigenvalue weighted by atomic mass is 16.5. The maximum Gasteiger partial charge on any atom is 0.269 e. The van der Waals surface area contributed by atoms with Gasteiger partial charge in [0.25, 0.3) is 5.91 Å². The number of carbonyl (C=O) groups excluding carboxylic acids is 2. The number of hydrogen-bond acceptors (Lipinski definition) is 4. The number of carbonyl (C=O) groups is 2. The Bertz CT molecular complexity index is 1060. The number of H-pyrrole nitrogens is 1. The first-order valence-electron chi connectivity index (χ1n) is 10.9. The van der Waals surface area contributed by atoms with Crippen LogP contribution in [0.1, 0.15) is 49.0 Å². The second kappa shape index (κ2) is 11.2. The van der Waals surface area contributed by atoms with Gasteiger partial charge in [-0.1, -0.05) is 32.0 Å². The molecule has 0 radical (unpaired) electrons. The number of rotatable bonds is 10. The molecule has 0 saturated carbocycles. The van der Waals surface area contributed by atoms with E-state index in [0.29, 0.717) is 42.4 Å². The Labute approximate surface area is 188 Å². The number of hydrogen-bond donors (Lipinski definition) is 3. The number of nitrogens with one attached hydrogen (secondary N) is 3. The highest BCUT2D eigenvalue weighted by Crippen LogP contribution is 2.28. The van der Waals surface area contributed by atoms with Crippen molar-refractivity contribution in [2.24, 2.45) is 5.92 Å². The monoisotopic (exact) mass is 437 g/mol. The third-order valence-corrected chi connectivity index (χ3v) is 5.22. The molecule has 1 heterocycles. The van der Waals surface area contributed by atoms with Crippen LogP contribution < -0.4 is 20.3 Å². The number of hydrazine groups is 1. The summed E-state index contributed by atoms with van der Waals surface area (Å²) >= 11 is 0. The van der Waals surface area contributed by atoms with E-state index in [2.05, 4.69) is 35.7 Å². The zero-order valence-corrected chi connectivity index (χ0v) is 18.9. The normalized spacial score (nSPS) is 10.9. The van der Waals surface area contributed by atoms with Crippen molar-refractivity contribution < 1.29 is 19.1 Å². The van der Waals surface area contributed by atoms with Gasteiger partial charge in [-0.05, 0) is 55.0 Å². The third kappa shape index (κ3) is 6.26. The fraction of sp³-hybridized carbons (Fsp3) is 0.360. The van der Waals surface area contributed by atoms with Crippen LogP contribution in [-0.2, 0) is 11.2 Å². The van der Waals surface area contributed by atoms with Crippen LogP contribution in [-0.4, -0.2) is 30.5 Å². The summed E-state index contributed by atoms with van der Waals surface area (Å²) < 4.78 is 11.1. The number of amides is 2. The van der Waals surface area contributed by atoms with Gasteiger partial charge in [0, 0.05) is 29.1 Å². The van der Waals surface area contributed by atoms with Crippen LogP contribution in [0.4, 0.5) is 0 Å². The van der Waals surface area contributed by atoms with E-state index >= 15 is 0 Å². The van der Waals surface area contributed by atoms with Crippen LogP contribution >= 0.6 is 0 Å². The summed E-state index contributed by atoms with van der Waals surface area (Å²) in [6.45, 7) is 4.84. The lowest BCUT2D eigenvalue weighted by Gasteiger charge is -2.13. The Morgan fingerprint density at radius 1 is 1.06 bits per heavy atom. The van der Waals surface area contributed by atoms with E-state index in [4.69, 9.17) is 9.47 Å². The standard InChI is InChI=1S/C25H31N3O4/c1-17(2)13-14-32-22-12-11-18(15-23(22)31-3)25(30)28-27-24(29)10-6-7-19-16-26-21-9-5-4-8-20(19)21/h4-5,8-9,11-12,15-17,26H,6-7,10,13-14H2,1-3H3,(H,27,29)(H,28,30). The smallest absolute Gasteiger partial charge is 0.269 e. The Morgan fingerprint density at radius 2 is 1.88 bits per heavy atom. The maximum atomic E-state index is 12.4. The molecule has 0 aliphatic carbocycles. The lowest BCUT2D eigenvalue weighted by Crippen LogP contribution is -2.41. The van der Waals surface area contributed by atoms with Crippen LogP contribution in [0, 0.1) is 5.92 Å². The summed E-state index contributed by atoms with van der Waals surface area (Å²) in [5.41, 5.74) is 7.58. The fourth-order valence-electron chi connectivity index (χ4n) is 3.37. The Morgan fingerprint density at radius 3 is 2.66 bits per heavy atom. The molecular weight excluding hydrogens is 406 g/mol. The van der Waals surface area contributed by atoms with Gasteiger partial charge in [0.15, 0.2) is 11.5 Å². The molecule has 2 aromatic carbocycles. The second-order valence-corrected chi connectivity index (χ2v) is 8.11. The van der Waals surface area contributed by atoms with Gasteiger partial charge in [0.1, 0.15) is 0 Å². The predicted octanol–water partition coefficient (Wildman–Crippen LogP) is 4.39. The van der Waals surface area contributed by atoms with E-state index in [1.807, 2.05) is 24.4 Å². The Kier molecular flexibility index (Phi) is 8.14. The first-order valence-corrected chi connectivity index (χ1v) is 10.9. The molecule has 170 valence electrons. The van der Waals surface area contributed by atoms with Crippen LogP contribution in [0.5, 0.6) is 11.5 Å². The second-order valence-electron chi connectivity index (χ2n) is 8.11. The minimum absolute atomic E-state index is 0.237. The summed E-state index contributed by atoms with van der Waals surface area (Å²) in [4.78, 5) is 27.8. The van der Waals surface area contributed by atoms with Crippen molar-refractivity contribution in [1.82, 2.24) is 15.8 Å². The fourth-order valence-corrected chi connectivity index (χ4v) is 3.37. The largest absolute Gasteiger partial charge is 0.493 e. The van der Waals surface area contributed by atoms with Gasteiger partial charge < -0.3 is 14.5 Å². The first-order chi connectivity index (χ1) is 15.5. The summed E-state index contributed by atoms with van der Waals surface area (Å²) in [5.74, 6) is 0.954. The molecule has 1 aromatic heterocycles. The topological polar surface area (TPSA) is 92.5 Å². The molecule has 3 aromatic rings. The van der Waals surface area contributed by atoms with Gasteiger partial charge >= 0.3 is 0 Å². The zero-order valence-electron chi connectivity index (χ0n) is 18.9. The molecule has 0 saturated heterocycles. The Balaban J connectivity index is 1.45. The summed E-state index contributed by atoms with van der Waals surface area (Å²) in [7, 11) is 1.53. The van der Waals surface area contributed by atoms with Crippen molar-refractivity contribution in [3.63, 3.8) is 0 Å². The van der Waals surface area contributed by atoms with E-state index in [9.17, 15) is 9.59 Å². The molecular formula is C25H31N3O4. The van der Waals surface area contributed by atoms with E-state index in [1.54, 1.807) is 18.2 Å². The van der Waals surface area contributed by atoms with Crippen molar-refractivity contribution in [1.29, 1.82) is 0 Å². The highest BCUT2D eigenvalue weighted by molar-refractivity contribution is 5.96. The van der Waals surface area contributed by atoms with Crippen LogP contribution in [0.15, 0.2) is 48.7 Å². The van der Waals surface area contributed by atoms with Crippen LogP contribution in [0.3, 0.4) is 0 Å². The lowest BCUT2D eigenvalue weighted by molar-refractivity contribution is -0.121. The molecule has 0 bridgehead atoms. The Hall–Kier alpha value is -3.48. The van der Waals surface area contributed by atoms with Crippen molar-refractivity contribution in [2.75, 3.05) is 13.7 Å². The number of ether oxygens (including phenoxy) is 2. The van der Waals surface area contributed by atoms with Gasteiger partial charge in [-0.2, -0.15) is 0 Å². The molecule has 0 atom stereocenters. The molecule has 7 nitrogen and oxygen atoms in total. The number of aryl methyl sites for hydroxylation is 1. The van der Waals surface area contributed by atoms with Crippen LogP contribution in [0.25, 0.3) is 10.9 Å². The average molecular weight is 438 g/mol. The van der Waals surface area contributed by atoms with Crippen molar-refractivity contribution in [3.8, 4) is 11.5 Å². The molecule has 0 spiro atoms. The third-order valence-electron chi connectivity index (χ3n) is 5.22. The summed E-state index contributed by atoms with van der Waals surface area (Å²) in [5, 5.41) is 1.17. The minimum Gasteiger partial charge on any atom is -0.493 e. The van der Waals surface area contributed by atoms with Crippen molar-refractivity contribution in [2.45, 2.75) is 39.5 Å². The molecule has 7 heteroatoms. The SMILES string of the molecule is COc1cc(C(=O)NNC(=O)CCCc2c[nH]c3ccccc23)ccc1OCCC(C)C. The molecule has 0 fully saturated rings. The summed E-state index contributed by atoms with van der Waals surface area (Å²) in [6, 6.07) is 13.0. The molecule has 0 aliphatic heterocycles. The molecule has 3 rings (SSSR count). The van der Waals surface area contributed by atoms with E-state index < -0.39 is 5.91 Å². The van der Waals surface area contributed by atoms with Crippen molar-refractivity contribution in [3.05, 3.63) is 59.8 Å². The number of para-hydroxylation sites is 1. The maximum absolute atomic E-state index is 12.4. The number of benzene rings is 2. The number of aromatic amines is 1. The van der Waals surface area contributed by atoms with Gasteiger partial charge in [0.05, 0.1) is 13.7 Å². The molecule has 3 N–H and O–H groups in total. The van der Waals surface area contributed by atoms with Gasteiger partial charge in [-0.15, -0.1) is 0 Å². The first kappa shape index (κ1) is 23.2. The minimum atomic E-state index is -0.415. The van der Waals surface area contributed by atoms with Crippen molar-refractivity contribution >= 4 is 22.7 Å². The quantitative estimate of drug-likeness (QED) is 0.410. The predicted molar refractivity (Wildman–Crippen MR) is 125 cm³/mol.